The monoisotopic (exact) mass is 399 g/mol. The summed E-state index contributed by atoms with van der Waals surface area (Å²) in [6.07, 6.45) is 0.953. The van der Waals surface area contributed by atoms with Crippen LogP contribution in [0.3, 0.4) is 0 Å². The first-order chi connectivity index (χ1) is 14.0. The number of benzene rings is 2. The molecule has 1 aliphatic heterocycles. The van der Waals surface area contributed by atoms with Crippen molar-refractivity contribution in [2.75, 3.05) is 35.5 Å². The van der Waals surface area contributed by atoms with Gasteiger partial charge < -0.3 is 23.7 Å². The summed E-state index contributed by atoms with van der Waals surface area (Å²) in [6.45, 7) is 0. The van der Waals surface area contributed by atoms with Gasteiger partial charge in [-0.25, -0.2) is 4.79 Å². The van der Waals surface area contributed by atoms with Crippen molar-refractivity contribution in [3.63, 3.8) is 0 Å². The lowest BCUT2D eigenvalue weighted by Gasteiger charge is -2.24. The fourth-order valence-electron chi connectivity index (χ4n) is 3.47. The first kappa shape index (κ1) is 20.5. The predicted octanol–water partition coefficient (Wildman–Crippen LogP) is 2.85. The van der Waals surface area contributed by atoms with Gasteiger partial charge in [0.1, 0.15) is 0 Å². The quantitative estimate of drug-likeness (QED) is 0.667. The van der Waals surface area contributed by atoms with Crippen LogP contribution < -0.4 is 18.9 Å². The molecule has 2 aromatic rings. The van der Waals surface area contributed by atoms with Crippen LogP contribution in [0.2, 0.25) is 0 Å². The molecule has 3 rings (SSSR count). The van der Waals surface area contributed by atoms with E-state index in [0.29, 0.717) is 35.8 Å². The van der Waals surface area contributed by atoms with Crippen molar-refractivity contribution in [1.29, 1.82) is 0 Å². The molecule has 0 amide bonds. The van der Waals surface area contributed by atoms with Gasteiger partial charge in [0, 0.05) is 24.1 Å². The van der Waals surface area contributed by atoms with Crippen LogP contribution in [0, 0.1) is 0 Å². The highest BCUT2D eigenvalue weighted by molar-refractivity contribution is 6.06. The first-order valence-corrected chi connectivity index (χ1v) is 9.15. The van der Waals surface area contributed by atoms with Crippen molar-refractivity contribution in [2.45, 2.75) is 18.9 Å². The molecule has 0 saturated carbocycles. The molecule has 1 atom stereocenters. The summed E-state index contributed by atoms with van der Waals surface area (Å²) in [6, 6.07) is 8.91. The van der Waals surface area contributed by atoms with Crippen molar-refractivity contribution in [2.24, 2.45) is 4.99 Å². The number of hydrogen-bond acceptors (Lipinski definition) is 7. The summed E-state index contributed by atoms with van der Waals surface area (Å²) in [7, 11) is 7.74. The molecular weight excluding hydrogens is 374 g/mol. The van der Waals surface area contributed by atoms with Crippen LogP contribution in [0.15, 0.2) is 35.3 Å². The van der Waals surface area contributed by atoms with Crippen LogP contribution in [-0.2, 0) is 22.4 Å². The van der Waals surface area contributed by atoms with Gasteiger partial charge in [0.2, 0.25) is 0 Å². The average molecular weight is 399 g/mol. The van der Waals surface area contributed by atoms with E-state index in [1.54, 1.807) is 28.4 Å². The van der Waals surface area contributed by atoms with E-state index in [2.05, 4.69) is 0 Å². The van der Waals surface area contributed by atoms with E-state index in [1.807, 2.05) is 30.3 Å². The lowest BCUT2D eigenvalue weighted by atomic mass is 9.90. The minimum Gasteiger partial charge on any atom is -0.493 e. The molecule has 7 heteroatoms. The van der Waals surface area contributed by atoms with Gasteiger partial charge >= 0.3 is 5.97 Å². The summed E-state index contributed by atoms with van der Waals surface area (Å²) in [4.78, 5) is 16.9. The predicted molar refractivity (Wildman–Crippen MR) is 109 cm³/mol. The maximum Gasteiger partial charge on any atom is 0.330 e. The molecule has 0 spiro atoms. The van der Waals surface area contributed by atoms with E-state index in [0.717, 1.165) is 22.4 Å². The summed E-state index contributed by atoms with van der Waals surface area (Å²) >= 11 is 0. The second kappa shape index (κ2) is 8.86. The number of carbonyl (C=O) groups excluding carboxylic acids is 1. The van der Waals surface area contributed by atoms with Crippen LogP contribution in [0.4, 0.5) is 0 Å². The molecule has 2 aromatic carbocycles. The highest BCUT2D eigenvalue weighted by atomic mass is 16.5. The molecule has 1 heterocycles. The number of nitrogens with zero attached hydrogens (tertiary/aromatic N) is 1. The Balaban J connectivity index is 2.05. The minimum absolute atomic E-state index is 0.366. The zero-order chi connectivity index (χ0) is 21.0. The number of fused-ring (bicyclic) bond motifs is 1. The third-order valence-corrected chi connectivity index (χ3v) is 4.94. The van der Waals surface area contributed by atoms with E-state index < -0.39 is 6.04 Å². The first-order valence-electron chi connectivity index (χ1n) is 9.15. The van der Waals surface area contributed by atoms with Crippen molar-refractivity contribution >= 4 is 11.7 Å². The molecule has 0 aliphatic carbocycles. The fourth-order valence-corrected chi connectivity index (χ4v) is 3.47. The van der Waals surface area contributed by atoms with E-state index in [1.165, 1.54) is 7.11 Å². The van der Waals surface area contributed by atoms with Gasteiger partial charge in [-0.2, -0.15) is 0 Å². The van der Waals surface area contributed by atoms with Gasteiger partial charge in [0.05, 0.1) is 35.5 Å². The Kier molecular flexibility index (Phi) is 6.26. The van der Waals surface area contributed by atoms with Crippen LogP contribution in [0.25, 0.3) is 0 Å². The third-order valence-electron chi connectivity index (χ3n) is 4.94. The van der Waals surface area contributed by atoms with Gasteiger partial charge in [-0.1, -0.05) is 6.07 Å². The molecule has 0 radical (unpaired) electrons. The second-order valence-electron chi connectivity index (χ2n) is 6.55. The SMILES string of the molecule is COC(=O)[C@@H]1Cc2cc(OC)c(OC)cc2C(Cc2ccc(OC)c(OC)c2)=N1. The van der Waals surface area contributed by atoms with E-state index in [9.17, 15) is 4.79 Å². The Morgan fingerprint density at radius 1 is 0.897 bits per heavy atom. The fraction of sp³-hybridized carbons (Fsp3) is 0.364. The molecule has 154 valence electrons. The molecular formula is C22H25NO6. The lowest BCUT2D eigenvalue weighted by molar-refractivity contribution is -0.142. The normalized spacial score (nSPS) is 15.1. The van der Waals surface area contributed by atoms with Gasteiger partial charge in [-0.15, -0.1) is 0 Å². The maximum atomic E-state index is 12.2. The van der Waals surface area contributed by atoms with E-state index in [-0.39, 0.29) is 5.97 Å². The Labute approximate surface area is 170 Å². The molecule has 0 aromatic heterocycles. The molecule has 7 nitrogen and oxygen atoms in total. The summed E-state index contributed by atoms with van der Waals surface area (Å²) in [5.41, 5.74) is 3.64. The molecule has 29 heavy (non-hydrogen) atoms. The highest BCUT2D eigenvalue weighted by Crippen LogP contribution is 2.35. The number of esters is 1. The van der Waals surface area contributed by atoms with Crippen molar-refractivity contribution in [3.05, 3.63) is 47.0 Å². The average Bonchev–Trinajstić information content (AvgIpc) is 2.77. The maximum absolute atomic E-state index is 12.2. The summed E-state index contributed by atoms with van der Waals surface area (Å²) < 4.78 is 26.5. The molecule has 0 unspecified atom stereocenters. The van der Waals surface area contributed by atoms with Crippen LogP contribution in [0.1, 0.15) is 16.7 Å². The zero-order valence-electron chi connectivity index (χ0n) is 17.3. The van der Waals surface area contributed by atoms with Gasteiger partial charge in [-0.3, -0.25) is 4.99 Å². The summed E-state index contributed by atoms with van der Waals surface area (Å²) in [5, 5.41) is 0. The number of ether oxygens (including phenoxy) is 5. The minimum atomic E-state index is -0.597. The number of carbonyl (C=O) groups is 1. The number of methoxy groups -OCH3 is 5. The Morgan fingerprint density at radius 3 is 2.14 bits per heavy atom. The molecule has 0 N–H and O–H groups in total. The topological polar surface area (TPSA) is 75.6 Å². The second-order valence-corrected chi connectivity index (χ2v) is 6.55. The van der Waals surface area contributed by atoms with Crippen LogP contribution >= 0.6 is 0 Å². The van der Waals surface area contributed by atoms with E-state index in [4.69, 9.17) is 28.7 Å². The smallest absolute Gasteiger partial charge is 0.330 e. The van der Waals surface area contributed by atoms with Gasteiger partial charge in [0.15, 0.2) is 29.0 Å². The molecule has 1 aliphatic rings. The Bertz CT molecular complexity index is 937. The molecule has 0 fully saturated rings. The van der Waals surface area contributed by atoms with E-state index >= 15 is 0 Å². The van der Waals surface area contributed by atoms with Crippen molar-refractivity contribution in [1.82, 2.24) is 0 Å². The largest absolute Gasteiger partial charge is 0.493 e. The lowest BCUT2D eigenvalue weighted by Crippen LogP contribution is -2.30. The Hall–Kier alpha value is -3.22. The van der Waals surface area contributed by atoms with Crippen molar-refractivity contribution < 1.29 is 28.5 Å². The zero-order valence-corrected chi connectivity index (χ0v) is 17.3. The number of aliphatic imine (C=N–C) groups is 1. The standard InChI is InChI=1S/C22H25NO6/c1-25-18-7-6-13(9-19(18)26-2)8-16-15-12-21(28-4)20(27-3)11-14(15)10-17(23-16)22(24)29-5/h6-7,9,11-12,17H,8,10H2,1-5H3/t17-/m0/s1. The summed E-state index contributed by atoms with van der Waals surface area (Å²) in [5.74, 6) is 2.15. The Morgan fingerprint density at radius 2 is 1.52 bits per heavy atom. The molecule has 0 bridgehead atoms. The third kappa shape index (κ3) is 4.13. The number of hydrogen-bond donors (Lipinski definition) is 0. The van der Waals surface area contributed by atoms with Crippen molar-refractivity contribution in [3.8, 4) is 23.0 Å². The number of rotatable bonds is 7. The highest BCUT2D eigenvalue weighted by Gasteiger charge is 2.28. The van der Waals surface area contributed by atoms with Gasteiger partial charge in [0.25, 0.3) is 0 Å². The van der Waals surface area contributed by atoms with Crippen LogP contribution in [-0.4, -0.2) is 53.3 Å². The molecule has 0 saturated heterocycles. The van der Waals surface area contributed by atoms with Crippen LogP contribution in [0.5, 0.6) is 23.0 Å². The van der Waals surface area contributed by atoms with Gasteiger partial charge in [-0.05, 0) is 35.4 Å².